The Labute approximate surface area is 126 Å². The molecule has 0 fully saturated rings. The maximum absolute atomic E-state index is 12.3. The molecule has 0 saturated carbocycles. The highest BCUT2D eigenvalue weighted by Gasteiger charge is 2.22. The summed E-state index contributed by atoms with van der Waals surface area (Å²) in [7, 11) is -2.28. The largest absolute Gasteiger partial charge is 0.355 e. The van der Waals surface area contributed by atoms with E-state index in [1.54, 1.807) is 12.1 Å². The molecule has 1 unspecified atom stereocenters. The quantitative estimate of drug-likeness (QED) is 0.780. The lowest BCUT2D eigenvalue weighted by atomic mass is 10.1. The van der Waals surface area contributed by atoms with Crippen LogP contribution in [0.2, 0.25) is 0 Å². The van der Waals surface area contributed by atoms with Gasteiger partial charge >= 0.3 is 0 Å². The number of benzene rings is 1. The number of sulfonamides is 1. The number of nitrogens with zero attached hydrogens (tertiary/aromatic N) is 1. The molecule has 0 aliphatic carbocycles. The first-order chi connectivity index (χ1) is 9.78. The lowest BCUT2D eigenvalue weighted by molar-refractivity contribution is -0.121. The second kappa shape index (κ2) is 7.53. The summed E-state index contributed by atoms with van der Waals surface area (Å²) in [6.07, 6.45) is 0.806. The molecule has 6 nitrogen and oxygen atoms in total. The molecule has 3 N–H and O–H groups in total. The summed E-state index contributed by atoms with van der Waals surface area (Å²) in [5.74, 6) is -0.310. The van der Waals surface area contributed by atoms with Gasteiger partial charge in [-0.1, -0.05) is 19.1 Å². The normalized spacial score (nSPS) is 13.2. The zero-order valence-electron chi connectivity index (χ0n) is 12.7. The number of likely N-dealkylation sites (N-methyl/N-ethyl adjacent to an activating group) is 1. The van der Waals surface area contributed by atoms with Crippen LogP contribution in [0.15, 0.2) is 29.2 Å². The predicted molar refractivity (Wildman–Crippen MR) is 82.2 cm³/mol. The Morgan fingerprint density at radius 3 is 2.38 bits per heavy atom. The Morgan fingerprint density at radius 2 is 1.90 bits per heavy atom. The number of hydrogen-bond acceptors (Lipinski definition) is 4. The van der Waals surface area contributed by atoms with E-state index >= 15 is 0 Å². The van der Waals surface area contributed by atoms with Crippen molar-refractivity contribution in [3.63, 3.8) is 0 Å². The summed E-state index contributed by atoms with van der Waals surface area (Å²) in [6.45, 7) is 4.10. The Bertz CT molecular complexity index is 568. The third-order valence-corrected chi connectivity index (χ3v) is 4.87. The molecule has 0 radical (unpaired) electrons. The highest BCUT2D eigenvalue weighted by molar-refractivity contribution is 7.89. The maximum Gasteiger partial charge on any atom is 0.243 e. The van der Waals surface area contributed by atoms with E-state index in [-0.39, 0.29) is 23.4 Å². The van der Waals surface area contributed by atoms with Gasteiger partial charge < -0.3 is 11.1 Å². The fraction of sp³-hybridized carbons (Fsp3) is 0.500. The van der Waals surface area contributed by atoms with Gasteiger partial charge in [-0.25, -0.2) is 8.42 Å². The van der Waals surface area contributed by atoms with Gasteiger partial charge in [-0.3, -0.25) is 4.79 Å². The highest BCUT2D eigenvalue weighted by Crippen LogP contribution is 2.17. The van der Waals surface area contributed by atoms with E-state index < -0.39 is 10.0 Å². The number of rotatable bonds is 7. The molecule has 1 amide bonds. The van der Waals surface area contributed by atoms with Crippen molar-refractivity contribution in [3.8, 4) is 0 Å². The second-order valence-corrected chi connectivity index (χ2v) is 7.01. The summed E-state index contributed by atoms with van der Waals surface area (Å²) in [6, 6.07) is 6.23. The average Bonchev–Trinajstić information content (AvgIpc) is 2.45. The van der Waals surface area contributed by atoms with Crippen LogP contribution >= 0.6 is 0 Å². The zero-order chi connectivity index (χ0) is 16.0. The first kappa shape index (κ1) is 17.6. The minimum absolute atomic E-state index is 0.151. The Kier molecular flexibility index (Phi) is 6.32. The summed E-state index contributed by atoms with van der Waals surface area (Å²) in [4.78, 5) is 11.8. The predicted octanol–water partition coefficient (Wildman–Crippen LogP) is 0.853. The standard InChI is InChI=1S/C14H23N3O3S/c1-4-9-16-14(18)10-17(3)21(19,20)13-7-5-12(6-8-13)11(2)15/h5-8,11H,4,9-10,15H2,1-3H3,(H,16,18). The Hall–Kier alpha value is -1.44. The van der Waals surface area contributed by atoms with E-state index in [9.17, 15) is 13.2 Å². The molecule has 0 heterocycles. The molecular formula is C14H23N3O3S. The van der Waals surface area contributed by atoms with Gasteiger partial charge in [0.25, 0.3) is 0 Å². The fourth-order valence-corrected chi connectivity index (χ4v) is 2.86. The maximum atomic E-state index is 12.3. The molecule has 0 aliphatic rings. The van der Waals surface area contributed by atoms with Gasteiger partial charge in [0.2, 0.25) is 15.9 Å². The highest BCUT2D eigenvalue weighted by atomic mass is 32.2. The smallest absolute Gasteiger partial charge is 0.243 e. The van der Waals surface area contributed by atoms with Crippen molar-refractivity contribution >= 4 is 15.9 Å². The van der Waals surface area contributed by atoms with Crippen molar-refractivity contribution in [2.75, 3.05) is 20.1 Å². The van der Waals surface area contributed by atoms with E-state index in [1.807, 2.05) is 13.8 Å². The van der Waals surface area contributed by atoms with Gasteiger partial charge in [-0.15, -0.1) is 0 Å². The summed E-state index contributed by atoms with van der Waals surface area (Å²) in [5.41, 5.74) is 6.59. The first-order valence-corrected chi connectivity index (χ1v) is 8.31. The van der Waals surface area contributed by atoms with Gasteiger partial charge in [0, 0.05) is 19.6 Å². The molecule has 118 valence electrons. The van der Waals surface area contributed by atoms with Crippen LogP contribution in [0.3, 0.4) is 0 Å². The lowest BCUT2D eigenvalue weighted by Gasteiger charge is -2.17. The van der Waals surface area contributed by atoms with Crippen LogP contribution in [0.4, 0.5) is 0 Å². The van der Waals surface area contributed by atoms with Crippen LogP contribution < -0.4 is 11.1 Å². The molecule has 0 aromatic heterocycles. The molecule has 0 saturated heterocycles. The Balaban J connectivity index is 2.82. The SMILES string of the molecule is CCCNC(=O)CN(C)S(=O)(=O)c1ccc(C(C)N)cc1. The molecule has 7 heteroatoms. The van der Waals surface area contributed by atoms with Gasteiger partial charge in [-0.2, -0.15) is 4.31 Å². The fourth-order valence-electron chi connectivity index (χ4n) is 1.73. The van der Waals surface area contributed by atoms with E-state index in [4.69, 9.17) is 5.73 Å². The minimum atomic E-state index is -3.67. The lowest BCUT2D eigenvalue weighted by Crippen LogP contribution is -2.38. The molecule has 0 aliphatic heterocycles. The van der Waals surface area contributed by atoms with Crippen molar-refractivity contribution in [2.45, 2.75) is 31.2 Å². The van der Waals surface area contributed by atoms with Crippen LogP contribution in [0.1, 0.15) is 31.9 Å². The molecule has 1 atom stereocenters. The van der Waals surface area contributed by atoms with E-state index in [0.717, 1.165) is 16.3 Å². The Morgan fingerprint density at radius 1 is 1.33 bits per heavy atom. The third kappa shape index (κ3) is 4.80. The van der Waals surface area contributed by atoms with Crippen LogP contribution in [-0.4, -0.2) is 38.8 Å². The van der Waals surface area contributed by atoms with Crippen molar-refractivity contribution in [1.29, 1.82) is 0 Å². The number of nitrogens with one attached hydrogen (secondary N) is 1. The van der Waals surface area contributed by atoms with E-state index in [0.29, 0.717) is 6.54 Å². The molecule has 1 rings (SSSR count). The average molecular weight is 313 g/mol. The van der Waals surface area contributed by atoms with Crippen LogP contribution in [0.5, 0.6) is 0 Å². The van der Waals surface area contributed by atoms with Gasteiger partial charge in [0.1, 0.15) is 0 Å². The molecular weight excluding hydrogens is 290 g/mol. The monoisotopic (exact) mass is 313 g/mol. The number of carbonyl (C=O) groups excluding carboxylic acids is 1. The van der Waals surface area contributed by atoms with Crippen LogP contribution in [0.25, 0.3) is 0 Å². The van der Waals surface area contributed by atoms with Crippen molar-refractivity contribution in [3.05, 3.63) is 29.8 Å². The molecule has 0 spiro atoms. The minimum Gasteiger partial charge on any atom is -0.355 e. The zero-order valence-corrected chi connectivity index (χ0v) is 13.5. The van der Waals surface area contributed by atoms with E-state index in [1.165, 1.54) is 19.2 Å². The number of amides is 1. The van der Waals surface area contributed by atoms with Crippen LogP contribution in [-0.2, 0) is 14.8 Å². The summed E-state index contributed by atoms with van der Waals surface area (Å²) < 4.78 is 25.7. The van der Waals surface area contributed by atoms with Crippen molar-refractivity contribution < 1.29 is 13.2 Å². The molecule has 1 aromatic carbocycles. The molecule has 0 bridgehead atoms. The second-order valence-electron chi connectivity index (χ2n) is 4.97. The van der Waals surface area contributed by atoms with E-state index in [2.05, 4.69) is 5.32 Å². The number of carbonyl (C=O) groups is 1. The number of hydrogen-bond donors (Lipinski definition) is 2. The molecule has 21 heavy (non-hydrogen) atoms. The van der Waals surface area contributed by atoms with Gasteiger partial charge in [-0.05, 0) is 31.0 Å². The third-order valence-electron chi connectivity index (χ3n) is 3.05. The summed E-state index contributed by atoms with van der Waals surface area (Å²) in [5, 5.41) is 2.65. The molecule has 1 aromatic rings. The van der Waals surface area contributed by atoms with Crippen LogP contribution in [0, 0.1) is 0 Å². The summed E-state index contributed by atoms with van der Waals surface area (Å²) >= 11 is 0. The van der Waals surface area contributed by atoms with Gasteiger partial charge in [0.05, 0.1) is 11.4 Å². The first-order valence-electron chi connectivity index (χ1n) is 6.87. The van der Waals surface area contributed by atoms with Gasteiger partial charge in [0.15, 0.2) is 0 Å². The van der Waals surface area contributed by atoms with Crippen molar-refractivity contribution in [1.82, 2.24) is 9.62 Å². The van der Waals surface area contributed by atoms with Crippen molar-refractivity contribution in [2.24, 2.45) is 5.73 Å². The topological polar surface area (TPSA) is 92.5 Å². The number of nitrogens with two attached hydrogens (primary N) is 1.